The lowest BCUT2D eigenvalue weighted by Gasteiger charge is -2.17. The van der Waals surface area contributed by atoms with Gasteiger partial charge in [-0.2, -0.15) is 16.4 Å². The lowest BCUT2D eigenvalue weighted by atomic mass is 10.0. The second kappa shape index (κ2) is 6.72. The number of rotatable bonds is 6. The largest absolute Gasteiger partial charge is 0.271 e. The average molecular weight is 313 g/mol. The molecule has 0 bridgehead atoms. The first-order valence-electron chi connectivity index (χ1n) is 6.85. The van der Waals surface area contributed by atoms with Crippen molar-refractivity contribution in [1.29, 1.82) is 0 Å². The molecule has 0 aliphatic rings. The SMILES string of the molecule is CCc1nn(CC)c(CC(NN)c2cscc2C)c1Cl. The van der Waals surface area contributed by atoms with E-state index in [0.29, 0.717) is 0 Å². The van der Waals surface area contributed by atoms with Crippen molar-refractivity contribution >= 4 is 22.9 Å². The zero-order valence-electron chi connectivity index (χ0n) is 12.1. The van der Waals surface area contributed by atoms with Crippen molar-refractivity contribution in [3.05, 3.63) is 38.3 Å². The summed E-state index contributed by atoms with van der Waals surface area (Å²) in [6, 6.07) is 0.0606. The first kappa shape index (κ1) is 15.5. The van der Waals surface area contributed by atoms with E-state index in [9.17, 15) is 0 Å². The molecule has 6 heteroatoms. The number of hydrogen-bond acceptors (Lipinski definition) is 4. The fraction of sp³-hybridized carbons (Fsp3) is 0.500. The molecule has 0 aliphatic carbocycles. The molecule has 3 N–H and O–H groups in total. The summed E-state index contributed by atoms with van der Waals surface area (Å²) in [6.07, 6.45) is 1.59. The minimum atomic E-state index is 0.0606. The molecule has 0 radical (unpaired) electrons. The first-order valence-corrected chi connectivity index (χ1v) is 8.17. The third-order valence-electron chi connectivity index (χ3n) is 3.56. The molecule has 0 aliphatic heterocycles. The Morgan fingerprint density at radius 1 is 1.45 bits per heavy atom. The van der Waals surface area contributed by atoms with Crippen LogP contribution in [0.15, 0.2) is 10.8 Å². The molecule has 2 heterocycles. The lowest BCUT2D eigenvalue weighted by Crippen LogP contribution is -2.30. The second-order valence-electron chi connectivity index (χ2n) is 4.81. The quantitative estimate of drug-likeness (QED) is 0.636. The van der Waals surface area contributed by atoms with Gasteiger partial charge in [-0.1, -0.05) is 18.5 Å². The van der Waals surface area contributed by atoms with Crippen molar-refractivity contribution in [1.82, 2.24) is 15.2 Å². The third kappa shape index (κ3) is 2.91. The number of hydrazine groups is 1. The molecule has 1 unspecified atom stereocenters. The molecule has 0 aromatic carbocycles. The first-order chi connectivity index (χ1) is 9.62. The number of nitrogens with zero attached hydrogens (tertiary/aromatic N) is 2. The van der Waals surface area contributed by atoms with Crippen LogP contribution in [0.25, 0.3) is 0 Å². The van der Waals surface area contributed by atoms with Crippen LogP contribution in [-0.4, -0.2) is 9.78 Å². The van der Waals surface area contributed by atoms with Gasteiger partial charge >= 0.3 is 0 Å². The smallest absolute Gasteiger partial charge is 0.0850 e. The summed E-state index contributed by atoms with van der Waals surface area (Å²) in [7, 11) is 0. The van der Waals surface area contributed by atoms with E-state index in [0.717, 1.165) is 35.8 Å². The molecule has 110 valence electrons. The number of nitrogens with two attached hydrogens (primary N) is 1. The maximum Gasteiger partial charge on any atom is 0.0850 e. The number of aromatic nitrogens is 2. The van der Waals surface area contributed by atoms with E-state index < -0.39 is 0 Å². The zero-order valence-corrected chi connectivity index (χ0v) is 13.7. The van der Waals surface area contributed by atoms with Gasteiger partial charge in [0.1, 0.15) is 0 Å². The van der Waals surface area contributed by atoms with Crippen molar-refractivity contribution in [2.45, 2.75) is 46.2 Å². The van der Waals surface area contributed by atoms with Crippen LogP contribution >= 0.6 is 22.9 Å². The molecule has 0 saturated carbocycles. The molecule has 0 fully saturated rings. The normalized spacial score (nSPS) is 12.8. The maximum atomic E-state index is 6.46. The molecule has 20 heavy (non-hydrogen) atoms. The Bertz CT molecular complexity index is 576. The minimum absolute atomic E-state index is 0.0606. The van der Waals surface area contributed by atoms with E-state index in [1.54, 1.807) is 11.3 Å². The Hall–Kier alpha value is -0.880. The summed E-state index contributed by atoms with van der Waals surface area (Å²) in [5, 5.41) is 9.61. The molecule has 0 saturated heterocycles. The van der Waals surface area contributed by atoms with Crippen molar-refractivity contribution in [2.75, 3.05) is 0 Å². The monoisotopic (exact) mass is 312 g/mol. The Morgan fingerprint density at radius 2 is 2.20 bits per heavy atom. The van der Waals surface area contributed by atoms with Crippen LogP contribution in [0, 0.1) is 6.92 Å². The summed E-state index contributed by atoms with van der Waals surface area (Å²) < 4.78 is 1.98. The van der Waals surface area contributed by atoms with Crippen LogP contribution in [0.1, 0.15) is 42.4 Å². The summed E-state index contributed by atoms with van der Waals surface area (Å²) in [5.74, 6) is 5.74. The number of halogens is 1. The van der Waals surface area contributed by atoms with Gasteiger partial charge in [-0.05, 0) is 42.2 Å². The number of aryl methyl sites for hydroxylation is 3. The second-order valence-corrected chi connectivity index (χ2v) is 5.93. The molecule has 2 aromatic rings. The highest BCUT2D eigenvalue weighted by Crippen LogP contribution is 2.29. The number of thiophene rings is 1. The molecule has 1 atom stereocenters. The standard InChI is InChI=1S/C14H21ClN4S/c1-4-11-14(15)13(19(5-2)18-11)6-12(17-16)10-8-20-7-9(10)3/h7-8,12,17H,4-6,16H2,1-3H3. The number of hydrogen-bond donors (Lipinski definition) is 2. The summed E-state index contributed by atoms with van der Waals surface area (Å²) in [6.45, 7) is 7.06. The van der Waals surface area contributed by atoms with Crippen molar-refractivity contribution < 1.29 is 0 Å². The van der Waals surface area contributed by atoms with Crippen LogP contribution in [0.3, 0.4) is 0 Å². The highest BCUT2D eigenvalue weighted by molar-refractivity contribution is 7.08. The Morgan fingerprint density at radius 3 is 2.70 bits per heavy atom. The van der Waals surface area contributed by atoms with Gasteiger partial charge in [0, 0.05) is 13.0 Å². The van der Waals surface area contributed by atoms with Gasteiger partial charge in [0.25, 0.3) is 0 Å². The molecule has 0 amide bonds. The molecule has 4 nitrogen and oxygen atoms in total. The van der Waals surface area contributed by atoms with Crippen LogP contribution in [0.4, 0.5) is 0 Å². The molecule has 2 rings (SSSR count). The van der Waals surface area contributed by atoms with Gasteiger partial charge in [0.2, 0.25) is 0 Å². The van der Waals surface area contributed by atoms with E-state index in [-0.39, 0.29) is 6.04 Å². The van der Waals surface area contributed by atoms with E-state index in [2.05, 4.69) is 42.1 Å². The van der Waals surface area contributed by atoms with E-state index >= 15 is 0 Å². The van der Waals surface area contributed by atoms with Crippen molar-refractivity contribution in [2.24, 2.45) is 5.84 Å². The highest BCUT2D eigenvalue weighted by Gasteiger charge is 2.20. The van der Waals surface area contributed by atoms with Gasteiger partial charge in [0.05, 0.1) is 22.5 Å². The molecular weight excluding hydrogens is 292 g/mol. The minimum Gasteiger partial charge on any atom is -0.271 e. The van der Waals surface area contributed by atoms with Gasteiger partial charge in [0.15, 0.2) is 0 Å². The summed E-state index contributed by atoms with van der Waals surface area (Å²) >= 11 is 8.15. The number of nitrogens with one attached hydrogen (secondary N) is 1. The Kier molecular flexibility index (Phi) is 5.21. The lowest BCUT2D eigenvalue weighted by molar-refractivity contribution is 0.516. The third-order valence-corrected chi connectivity index (χ3v) is 4.88. The van der Waals surface area contributed by atoms with Crippen LogP contribution in [0.2, 0.25) is 5.02 Å². The maximum absolute atomic E-state index is 6.46. The van der Waals surface area contributed by atoms with Gasteiger partial charge in [-0.25, -0.2) is 0 Å². The van der Waals surface area contributed by atoms with Gasteiger partial charge in [-0.15, -0.1) is 0 Å². The van der Waals surface area contributed by atoms with Gasteiger partial charge < -0.3 is 0 Å². The predicted octanol–water partition coefficient (Wildman–Crippen LogP) is 3.24. The van der Waals surface area contributed by atoms with E-state index in [1.165, 1.54) is 11.1 Å². The van der Waals surface area contributed by atoms with Gasteiger partial charge in [-0.3, -0.25) is 16.0 Å². The summed E-state index contributed by atoms with van der Waals surface area (Å²) in [5.41, 5.74) is 7.41. The topological polar surface area (TPSA) is 55.9 Å². The van der Waals surface area contributed by atoms with Crippen LogP contribution < -0.4 is 11.3 Å². The van der Waals surface area contributed by atoms with Crippen LogP contribution in [0.5, 0.6) is 0 Å². The molecular formula is C14H21ClN4S. The van der Waals surface area contributed by atoms with Crippen molar-refractivity contribution in [3.8, 4) is 0 Å². The van der Waals surface area contributed by atoms with Crippen LogP contribution in [-0.2, 0) is 19.4 Å². The molecule has 0 spiro atoms. The van der Waals surface area contributed by atoms with E-state index in [1.807, 2.05) is 4.68 Å². The molecule has 2 aromatic heterocycles. The average Bonchev–Trinajstić information content (AvgIpc) is 3.00. The van der Waals surface area contributed by atoms with Crippen molar-refractivity contribution in [3.63, 3.8) is 0 Å². The summed E-state index contributed by atoms with van der Waals surface area (Å²) in [4.78, 5) is 0. The predicted molar refractivity (Wildman–Crippen MR) is 85.1 cm³/mol. The fourth-order valence-electron chi connectivity index (χ4n) is 2.39. The van der Waals surface area contributed by atoms with E-state index in [4.69, 9.17) is 17.4 Å². The Balaban J connectivity index is 2.32. The Labute approximate surface area is 128 Å². The fourth-order valence-corrected chi connectivity index (χ4v) is 3.64. The highest BCUT2D eigenvalue weighted by atomic mass is 35.5. The zero-order chi connectivity index (χ0) is 14.7.